The van der Waals surface area contributed by atoms with Crippen LogP contribution in [0, 0.1) is 0 Å². The lowest BCUT2D eigenvalue weighted by Gasteiger charge is -2.33. The highest BCUT2D eigenvalue weighted by Gasteiger charge is 2.20. The van der Waals surface area contributed by atoms with Crippen molar-refractivity contribution in [3.05, 3.63) is 29.9 Å². The summed E-state index contributed by atoms with van der Waals surface area (Å²) in [4.78, 5) is 13.4. The number of hydrogen-bond acceptors (Lipinski definition) is 7. The molecule has 2 aromatic rings. The molecule has 8 nitrogen and oxygen atoms in total. The van der Waals surface area contributed by atoms with E-state index in [0.29, 0.717) is 24.9 Å². The number of nitrogens with zero attached hydrogens (tertiary/aromatic N) is 6. The summed E-state index contributed by atoms with van der Waals surface area (Å²) in [7, 11) is 3.66. The van der Waals surface area contributed by atoms with Crippen molar-refractivity contribution in [2.75, 3.05) is 33.3 Å². The van der Waals surface area contributed by atoms with Gasteiger partial charge in [-0.25, -0.2) is 4.98 Å². The first-order chi connectivity index (χ1) is 10.7. The van der Waals surface area contributed by atoms with Crippen molar-refractivity contribution in [1.82, 2.24) is 29.5 Å². The van der Waals surface area contributed by atoms with Crippen LogP contribution in [-0.4, -0.2) is 62.8 Å². The molecule has 2 aromatic heterocycles. The third-order valence-corrected chi connectivity index (χ3v) is 3.89. The molecule has 0 atom stereocenters. The topological polar surface area (TPSA) is 72.5 Å². The van der Waals surface area contributed by atoms with Crippen LogP contribution in [-0.2, 0) is 31.5 Å². The monoisotopic (exact) mass is 306 g/mol. The second kappa shape index (κ2) is 6.99. The van der Waals surface area contributed by atoms with Gasteiger partial charge >= 0.3 is 0 Å². The first kappa shape index (κ1) is 15.1. The van der Waals surface area contributed by atoms with Crippen LogP contribution in [0.25, 0.3) is 0 Å². The number of piperazine rings is 1. The highest BCUT2D eigenvalue weighted by molar-refractivity contribution is 4.92. The summed E-state index contributed by atoms with van der Waals surface area (Å²) < 4.78 is 12.3. The second-order valence-electron chi connectivity index (χ2n) is 5.54. The van der Waals surface area contributed by atoms with E-state index in [-0.39, 0.29) is 0 Å². The molecular formula is C14H22N6O2. The van der Waals surface area contributed by atoms with Crippen LogP contribution in [0.3, 0.4) is 0 Å². The van der Waals surface area contributed by atoms with Crippen LogP contribution in [0.15, 0.2) is 16.9 Å². The van der Waals surface area contributed by atoms with Crippen molar-refractivity contribution in [1.29, 1.82) is 0 Å². The second-order valence-corrected chi connectivity index (χ2v) is 5.54. The summed E-state index contributed by atoms with van der Waals surface area (Å²) in [6.45, 7) is 6.01. The molecule has 120 valence electrons. The van der Waals surface area contributed by atoms with E-state index in [1.807, 2.05) is 19.4 Å². The SMILES string of the molecule is COCc1noc(CN2CCN(Cc3nccn3C)CC2)n1. The van der Waals surface area contributed by atoms with E-state index >= 15 is 0 Å². The van der Waals surface area contributed by atoms with Gasteiger partial charge in [0, 0.05) is 52.7 Å². The van der Waals surface area contributed by atoms with Crippen LogP contribution in [0.5, 0.6) is 0 Å². The molecule has 22 heavy (non-hydrogen) atoms. The van der Waals surface area contributed by atoms with Crippen molar-refractivity contribution >= 4 is 0 Å². The number of rotatable bonds is 6. The fourth-order valence-electron chi connectivity index (χ4n) is 2.59. The average molecular weight is 306 g/mol. The van der Waals surface area contributed by atoms with Gasteiger partial charge in [0.1, 0.15) is 12.4 Å². The fourth-order valence-corrected chi connectivity index (χ4v) is 2.59. The number of aryl methyl sites for hydroxylation is 1. The molecule has 0 saturated carbocycles. The van der Waals surface area contributed by atoms with Gasteiger partial charge in [-0.05, 0) is 0 Å². The smallest absolute Gasteiger partial charge is 0.240 e. The molecule has 0 amide bonds. The minimum Gasteiger partial charge on any atom is -0.377 e. The average Bonchev–Trinajstić information content (AvgIpc) is 3.12. The predicted octanol–water partition coefficient (Wildman–Crippen LogP) is 0.267. The van der Waals surface area contributed by atoms with Gasteiger partial charge in [0.15, 0.2) is 5.82 Å². The van der Waals surface area contributed by atoms with E-state index in [2.05, 4.69) is 29.5 Å². The Morgan fingerprint density at radius 2 is 1.91 bits per heavy atom. The maximum Gasteiger partial charge on any atom is 0.240 e. The molecular weight excluding hydrogens is 284 g/mol. The van der Waals surface area contributed by atoms with Crippen LogP contribution in [0.4, 0.5) is 0 Å². The van der Waals surface area contributed by atoms with Gasteiger partial charge in [0.05, 0.1) is 13.1 Å². The fraction of sp³-hybridized carbons (Fsp3) is 0.643. The zero-order valence-electron chi connectivity index (χ0n) is 13.1. The Balaban J connectivity index is 1.46. The molecule has 1 saturated heterocycles. The quantitative estimate of drug-likeness (QED) is 0.758. The summed E-state index contributed by atoms with van der Waals surface area (Å²) in [6.07, 6.45) is 3.83. The molecule has 3 rings (SSSR count). The molecule has 0 spiro atoms. The highest BCUT2D eigenvalue weighted by Crippen LogP contribution is 2.10. The minimum absolute atomic E-state index is 0.390. The van der Waals surface area contributed by atoms with E-state index in [4.69, 9.17) is 9.26 Å². The molecule has 1 aliphatic rings. The first-order valence-corrected chi connectivity index (χ1v) is 7.46. The number of ether oxygens (including phenoxy) is 1. The van der Waals surface area contributed by atoms with Crippen molar-refractivity contribution < 1.29 is 9.26 Å². The van der Waals surface area contributed by atoms with Crippen molar-refractivity contribution in [3.63, 3.8) is 0 Å². The lowest BCUT2D eigenvalue weighted by atomic mass is 10.3. The van der Waals surface area contributed by atoms with Gasteiger partial charge in [0.2, 0.25) is 5.89 Å². The summed E-state index contributed by atoms with van der Waals surface area (Å²) in [5.41, 5.74) is 0. The van der Waals surface area contributed by atoms with Gasteiger partial charge < -0.3 is 13.8 Å². The van der Waals surface area contributed by atoms with Crippen LogP contribution < -0.4 is 0 Å². The Morgan fingerprint density at radius 1 is 1.18 bits per heavy atom. The molecule has 0 aromatic carbocycles. The third kappa shape index (κ3) is 3.70. The molecule has 0 bridgehead atoms. The lowest BCUT2D eigenvalue weighted by molar-refractivity contribution is 0.109. The Morgan fingerprint density at radius 3 is 2.55 bits per heavy atom. The molecule has 1 aliphatic heterocycles. The zero-order chi connectivity index (χ0) is 15.4. The predicted molar refractivity (Wildman–Crippen MR) is 78.8 cm³/mol. The van der Waals surface area contributed by atoms with Crippen LogP contribution in [0.2, 0.25) is 0 Å². The Bertz CT molecular complexity index is 588. The van der Waals surface area contributed by atoms with Gasteiger partial charge in [-0.1, -0.05) is 5.16 Å². The molecule has 0 N–H and O–H groups in total. The largest absolute Gasteiger partial charge is 0.377 e. The van der Waals surface area contributed by atoms with Gasteiger partial charge in [-0.2, -0.15) is 4.98 Å². The van der Waals surface area contributed by atoms with Crippen LogP contribution >= 0.6 is 0 Å². The summed E-state index contributed by atoms with van der Waals surface area (Å²) in [5.74, 6) is 2.37. The van der Waals surface area contributed by atoms with Crippen molar-refractivity contribution in [2.24, 2.45) is 7.05 Å². The van der Waals surface area contributed by atoms with Gasteiger partial charge in [-0.15, -0.1) is 0 Å². The minimum atomic E-state index is 0.390. The zero-order valence-corrected chi connectivity index (χ0v) is 13.1. The van der Waals surface area contributed by atoms with E-state index in [9.17, 15) is 0 Å². The Hall–Kier alpha value is -1.77. The molecule has 3 heterocycles. The number of hydrogen-bond donors (Lipinski definition) is 0. The number of aromatic nitrogens is 4. The van der Waals surface area contributed by atoms with Crippen LogP contribution in [0.1, 0.15) is 17.5 Å². The van der Waals surface area contributed by atoms with E-state index < -0.39 is 0 Å². The molecule has 1 fully saturated rings. The standard InChI is InChI=1S/C14H22N6O2/c1-18-4-3-15-13(18)9-19-5-7-20(8-6-19)10-14-16-12(11-21-2)17-22-14/h3-4H,5-11H2,1-2H3. The molecule has 0 radical (unpaired) electrons. The third-order valence-electron chi connectivity index (χ3n) is 3.89. The molecule has 8 heteroatoms. The van der Waals surface area contributed by atoms with Crippen molar-refractivity contribution in [2.45, 2.75) is 19.7 Å². The Labute approximate surface area is 129 Å². The molecule has 0 unspecified atom stereocenters. The Kier molecular flexibility index (Phi) is 4.81. The van der Waals surface area contributed by atoms with Gasteiger partial charge in [-0.3, -0.25) is 9.80 Å². The van der Waals surface area contributed by atoms with Crippen molar-refractivity contribution in [3.8, 4) is 0 Å². The van der Waals surface area contributed by atoms with E-state index in [1.165, 1.54) is 0 Å². The normalized spacial score (nSPS) is 17.2. The van der Waals surface area contributed by atoms with Gasteiger partial charge in [0.25, 0.3) is 0 Å². The highest BCUT2D eigenvalue weighted by atomic mass is 16.5. The number of imidazole rings is 1. The van der Waals surface area contributed by atoms with E-state index in [1.54, 1.807) is 7.11 Å². The molecule has 0 aliphatic carbocycles. The summed E-state index contributed by atoms with van der Waals surface area (Å²) >= 11 is 0. The first-order valence-electron chi connectivity index (χ1n) is 7.46. The summed E-state index contributed by atoms with van der Waals surface area (Å²) in [6, 6.07) is 0. The van der Waals surface area contributed by atoms with E-state index in [0.717, 1.165) is 38.5 Å². The maximum atomic E-state index is 5.24. The number of methoxy groups -OCH3 is 1. The lowest BCUT2D eigenvalue weighted by Crippen LogP contribution is -2.45. The maximum absolute atomic E-state index is 5.24. The summed E-state index contributed by atoms with van der Waals surface area (Å²) in [5, 5.41) is 3.89.